The topological polar surface area (TPSA) is 42.7 Å². The monoisotopic (exact) mass is 395 g/mol. The minimum Gasteiger partial charge on any atom is -0.693 e. The summed E-state index contributed by atoms with van der Waals surface area (Å²) in [5.41, 5.74) is 0. The van der Waals surface area contributed by atoms with Gasteiger partial charge in [0.1, 0.15) is 6.61 Å². The van der Waals surface area contributed by atoms with Gasteiger partial charge in [0.2, 0.25) is 0 Å². The average Bonchev–Trinajstić information content (AvgIpc) is 2.03. The van der Waals surface area contributed by atoms with Gasteiger partial charge in [-0.25, -0.2) is 0 Å². The standard InChI is InChI=1S/C9H9O.CH3.Au.H2N.H3P/c1-2-8-10-9-6-4-3-5-7-9;;;;/h2-6H,1,8H2;1H3;;1H2;1H3/q2*-1;+3;-1;. The maximum atomic E-state index is 5.18. The Labute approximate surface area is 106 Å². The van der Waals surface area contributed by atoms with Crippen LogP contribution in [0, 0.1) is 13.5 Å². The minimum atomic E-state index is 0. The Balaban J connectivity index is -0.000000125. The first-order chi connectivity index (χ1) is 4.93. The van der Waals surface area contributed by atoms with Crippen molar-refractivity contribution in [3.63, 3.8) is 0 Å². The molecule has 1 atom stereocenters. The molecular weight excluding hydrogens is 378 g/mol. The first-order valence-corrected chi connectivity index (χ1v) is 3.14. The molecule has 0 amide bonds. The van der Waals surface area contributed by atoms with Crippen LogP contribution >= 0.6 is 9.90 Å². The van der Waals surface area contributed by atoms with Gasteiger partial charge in [-0.2, -0.15) is 28.1 Å². The fraction of sp³-hybridized carbons (Fsp3) is 0.100. The maximum Gasteiger partial charge on any atom is 3.00 e. The molecule has 2 nitrogen and oxygen atoms in total. The quantitative estimate of drug-likeness (QED) is 0.335. The third-order valence-corrected chi connectivity index (χ3v) is 1.04. The summed E-state index contributed by atoms with van der Waals surface area (Å²) in [5, 5.41) is 0. The van der Waals surface area contributed by atoms with Crippen molar-refractivity contribution in [3.8, 4) is 5.75 Å². The predicted molar refractivity (Wildman–Crippen MR) is 63.8 cm³/mol. The van der Waals surface area contributed by atoms with E-state index in [0.717, 1.165) is 5.75 Å². The van der Waals surface area contributed by atoms with Crippen LogP contribution in [0.2, 0.25) is 0 Å². The number of hydrogen-bond donors (Lipinski definition) is 0. The van der Waals surface area contributed by atoms with Gasteiger partial charge in [0.05, 0.1) is 0 Å². The first kappa shape index (κ1) is 23.6. The Morgan fingerprint density at radius 3 is 2.50 bits per heavy atom. The molecule has 0 saturated heterocycles. The third-order valence-electron chi connectivity index (χ3n) is 1.04. The van der Waals surface area contributed by atoms with Gasteiger partial charge < -0.3 is 18.3 Å². The summed E-state index contributed by atoms with van der Waals surface area (Å²) >= 11 is 0. The molecule has 2 N–H and O–H groups in total. The number of benzene rings is 1. The number of para-hydroxylation sites is 1. The molecule has 0 heterocycles. The van der Waals surface area contributed by atoms with Crippen LogP contribution < -0.4 is 4.74 Å². The van der Waals surface area contributed by atoms with Crippen molar-refractivity contribution < 1.29 is 27.1 Å². The normalized spacial score (nSPS) is 6.29. The minimum absolute atomic E-state index is 0. The van der Waals surface area contributed by atoms with Crippen molar-refractivity contribution in [3.05, 3.63) is 56.6 Å². The first-order valence-electron chi connectivity index (χ1n) is 3.14. The molecule has 0 radical (unpaired) electrons. The van der Waals surface area contributed by atoms with Crippen molar-refractivity contribution in [1.29, 1.82) is 0 Å². The molecule has 1 aromatic rings. The molecule has 1 rings (SSSR count). The van der Waals surface area contributed by atoms with E-state index in [2.05, 4.69) is 12.6 Å². The molecule has 1 unspecified atom stereocenters. The van der Waals surface area contributed by atoms with Crippen LogP contribution in [-0.4, -0.2) is 6.61 Å². The third kappa shape index (κ3) is 9.97. The van der Waals surface area contributed by atoms with E-state index in [1.165, 1.54) is 0 Å². The molecule has 0 aliphatic carbocycles. The molecule has 1 aromatic carbocycles. The number of hydrogen-bond acceptors (Lipinski definition) is 1. The van der Waals surface area contributed by atoms with Crippen LogP contribution in [0.15, 0.2) is 36.9 Å². The second-order valence-corrected chi connectivity index (χ2v) is 1.83. The van der Waals surface area contributed by atoms with Gasteiger partial charge in [0.25, 0.3) is 0 Å². The molecule has 0 fully saturated rings. The molecule has 14 heavy (non-hydrogen) atoms. The summed E-state index contributed by atoms with van der Waals surface area (Å²) in [5.74, 6) is 0.766. The Morgan fingerprint density at radius 1 is 1.43 bits per heavy atom. The number of ether oxygens (including phenoxy) is 1. The largest absolute Gasteiger partial charge is 3.00 e. The zero-order valence-corrected chi connectivity index (χ0v) is 11.9. The van der Waals surface area contributed by atoms with Crippen LogP contribution in [0.1, 0.15) is 0 Å². The fourth-order valence-corrected chi connectivity index (χ4v) is 0.615. The zero-order valence-electron chi connectivity index (χ0n) is 8.30. The molecular formula is C10H17AuNOP. The Bertz CT molecular complexity index is 207. The van der Waals surface area contributed by atoms with Crippen molar-refractivity contribution in [2.24, 2.45) is 0 Å². The average molecular weight is 395 g/mol. The van der Waals surface area contributed by atoms with Crippen LogP contribution in [0.25, 0.3) is 6.15 Å². The summed E-state index contributed by atoms with van der Waals surface area (Å²) in [6.45, 7) is 4.08. The van der Waals surface area contributed by atoms with Gasteiger partial charge >= 0.3 is 22.4 Å². The van der Waals surface area contributed by atoms with Crippen LogP contribution in [0.4, 0.5) is 0 Å². The number of rotatable bonds is 3. The molecule has 0 spiro atoms. The van der Waals surface area contributed by atoms with Crippen molar-refractivity contribution >= 4 is 9.90 Å². The van der Waals surface area contributed by atoms with E-state index in [1.54, 1.807) is 6.08 Å². The van der Waals surface area contributed by atoms with Crippen molar-refractivity contribution in [1.82, 2.24) is 0 Å². The Kier molecular flexibility index (Phi) is 25.9. The summed E-state index contributed by atoms with van der Waals surface area (Å²) in [7, 11) is 0. The molecule has 4 heteroatoms. The second kappa shape index (κ2) is 15.4. The summed E-state index contributed by atoms with van der Waals surface area (Å²) in [4.78, 5) is 0. The fourth-order valence-electron chi connectivity index (χ4n) is 0.615. The van der Waals surface area contributed by atoms with Crippen molar-refractivity contribution in [2.45, 2.75) is 0 Å². The van der Waals surface area contributed by atoms with Gasteiger partial charge in [-0.1, -0.05) is 12.7 Å². The van der Waals surface area contributed by atoms with Gasteiger partial charge in [0.15, 0.2) is 0 Å². The van der Waals surface area contributed by atoms with E-state index in [4.69, 9.17) is 4.74 Å². The van der Waals surface area contributed by atoms with Crippen LogP contribution in [0.3, 0.4) is 0 Å². The molecule has 0 saturated carbocycles. The molecule has 0 bridgehead atoms. The molecule has 84 valence electrons. The smallest absolute Gasteiger partial charge is 0.693 e. The molecule has 0 aromatic heterocycles. The summed E-state index contributed by atoms with van der Waals surface area (Å²) in [6.07, 6.45) is 1.71. The van der Waals surface area contributed by atoms with E-state index in [1.807, 2.05) is 24.3 Å². The van der Waals surface area contributed by atoms with Crippen molar-refractivity contribution in [2.75, 3.05) is 6.61 Å². The molecule has 0 aliphatic heterocycles. The van der Waals surface area contributed by atoms with Crippen LogP contribution in [0.5, 0.6) is 5.75 Å². The van der Waals surface area contributed by atoms with Gasteiger partial charge in [-0.15, -0.1) is 12.1 Å². The van der Waals surface area contributed by atoms with E-state index < -0.39 is 0 Å². The zero-order chi connectivity index (χ0) is 7.23. The van der Waals surface area contributed by atoms with E-state index >= 15 is 0 Å². The van der Waals surface area contributed by atoms with E-state index in [9.17, 15) is 0 Å². The Morgan fingerprint density at radius 2 is 2.07 bits per heavy atom. The molecule has 0 aliphatic rings. The van der Waals surface area contributed by atoms with Gasteiger partial charge in [0, 0.05) is 5.75 Å². The van der Waals surface area contributed by atoms with Crippen LogP contribution in [-0.2, 0) is 22.4 Å². The predicted octanol–water partition coefficient (Wildman–Crippen LogP) is 3.27. The van der Waals surface area contributed by atoms with Gasteiger partial charge in [-0.05, 0) is 0 Å². The SMILES string of the molecule is C=CCOc1[c-]cccc1.P.[Au+3].[CH3-].[NH2-]. The maximum absolute atomic E-state index is 5.18. The van der Waals surface area contributed by atoms with E-state index in [0.29, 0.717) is 6.61 Å². The Hall–Kier alpha value is -0.110. The number of nitrogens with two attached hydrogens (primary N) is 1. The second-order valence-electron chi connectivity index (χ2n) is 1.83. The van der Waals surface area contributed by atoms with E-state index in [-0.39, 0.29) is 45.9 Å². The summed E-state index contributed by atoms with van der Waals surface area (Å²) in [6, 6.07) is 10.4. The summed E-state index contributed by atoms with van der Waals surface area (Å²) < 4.78 is 5.18. The van der Waals surface area contributed by atoms with Gasteiger partial charge in [-0.3, -0.25) is 0 Å².